The van der Waals surface area contributed by atoms with E-state index in [0.717, 1.165) is 23.2 Å². The Labute approximate surface area is 167 Å². The van der Waals surface area contributed by atoms with Gasteiger partial charge < -0.3 is 10.5 Å². The second-order valence-corrected chi connectivity index (χ2v) is 13.8. The summed E-state index contributed by atoms with van der Waals surface area (Å²) in [6.45, 7) is 9.39. The molecule has 0 aliphatic carbocycles. The number of para-hydroxylation sites is 1. The molecule has 2 aromatic heterocycles. The SMILES string of the molecule is Cc1cccc2c(COCC[Si](C)(C)C)nn(-c3cnc(N)nc3C(F)(F)F)c12. The highest BCUT2D eigenvalue weighted by molar-refractivity contribution is 6.76. The van der Waals surface area contributed by atoms with E-state index in [9.17, 15) is 13.2 Å². The number of aromatic nitrogens is 4. The van der Waals surface area contributed by atoms with E-state index in [2.05, 4.69) is 34.7 Å². The average molecular weight is 424 g/mol. The number of fused-ring (bicyclic) bond motifs is 1. The molecule has 156 valence electrons. The Kier molecular flexibility index (Phi) is 5.68. The smallest absolute Gasteiger partial charge is 0.375 e. The molecule has 0 atom stereocenters. The van der Waals surface area contributed by atoms with Crippen molar-refractivity contribution in [3.63, 3.8) is 0 Å². The van der Waals surface area contributed by atoms with E-state index in [1.807, 2.05) is 25.1 Å². The summed E-state index contributed by atoms with van der Waals surface area (Å²) < 4.78 is 47.8. The van der Waals surface area contributed by atoms with Gasteiger partial charge in [0, 0.05) is 20.1 Å². The van der Waals surface area contributed by atoms with Crippen molar-refractivity contribution in [2.24, 2.45) is 0 Å². The quantitative estimate of drug-likeness (QED) is 0.464. The molecule has 0 aliphatic heterocycles. The molecule has 0 spiro atoms. The van der Waals surface area contributed by atoms with Gasteiger partial charge in [-0.15, -0.1) is 0 Å². The van der Waals surface area contributed by atoms with Crippen molar-refractivity contribution >= 4 is 24.9 Å². The summed E-state index contributed by atoms with van der Waals surface area (Å²) in [6.07, 6.45) is -3.64. The largest absolute Gasteiger partial charge is 0.435 e. The third-order valence-electron chi connectivity index (χ3n) is 4.50. The molecular formula is C19H24F3N5OSi. The van der Waals surface area contributed by atoms with Crippen LogP contribution in [0.1, 0.15) is 17.0 Å². The molecule has 0 saturated heterocycles. The number of nitrogens with zero attached hydrogens (tertiary/aromatic N) is 4. The summed E-state index contributed by atoms with van der Waals surface area (Å²) >= 11 is 0. The van der Waals surface area contributed by atoms with E-state index >= 15 is 0 Å². The van der Waals surface area contributed by atoms with Crippen LogP contribution in [0.15, 0.2) is 24.4 Å². The first-order chi connectivity index (χ1) is 13.5. The molecule has 0 aliphatic rings. The van der Waals surface area contributed by atoms with Crippen molar-refractivity contribution in [1.29, 1.82) is 0 Å². The Balaban J connectivity index is 2.06. The van der Waals surface area contributed by atoms with Crippen LogP contribution in [0.3, 0.4) is 0 Å². The Hall–Kier alpha value is -2.46. The number of hydrogen-bond donors (Lipinski definition) is 1. The van der Waals surface area contributed by atoms with Gasteiger partial charge >= 0.3 is 6.18 Å². The van der Waals surface area contributed by atoms with Crippen LogP contribution in [0.4, 0.5) is 19.1 Å². The van der Waals surface area contributed by atoms with Gasteiger partial charge in [0.15, 0.2) is 5.69 Å². The van der Waals surface area contributed by atoms with Crippen molar-refractivity contribution < 1.29 is 17.9 Å². The minimum absolute atomic E-state index is 0.217. The molecule has 2 heterocycles. The fourth-order valence-corrected chi connectivity index (χ4v) is 3.74. The van der Waals surface area contributed by atoms with E-state index in [1.54, 1.807) is 0 Å². The molecule has 0 radical (unpaired) electrons. The van der Waals surface area contributed by atoms with E-state index in [-0.39, 0.29) is 12.3 Å². The molecule has 0 amide bonds. The molecular weight excluding hydrogens is 399 g/mol. The fourth-order valence-electron chi connectivity index (χ4n) is 2.98. The Morgan fingerprint density at radius 2 is 1.93 bits per heavy atom. The van der Waals surface area contributed by atoms with Gasteiger partial charge in [-0.1, -0.05) is 37.8 Å². The third-order valence-corrected chi connectivity index (χ3v) is 6.21. The second kappa shape index (κ2) is 7.75. The molecule has 29 heavy (non-hydrogen) atoms. The highest BCUT2D eigenvalue weighted by atomic mass is 28.3. The summed E-state index contributed by atoms with van der Waals surface area (Å²) in [7, 11) is -1.24. The Bertz CT molecular complexity index is 1030. The number of nitrogens with two attached hydrogens (primary N) is 1. The van der Waals surface area contributed by atoms with E-state index < -0.39 is 25.9 Å². The fraction of sp³-hybridized carbons (Fsp3) is 0.421. The van der Waals surface area contributed by atoms with Crippen LogP contribution < -0.4 is 5.73 Å². The van der Waals surface area contributed by atoms with Crippen LogP contribution in [0.5, 0.6) is 0 Å². The number of aryl methyl sites for hydroxylation is 1. The van der Waals surface area contributed by atoms with E-state index in [1.165, 1.54) is 4.68 Å². The Morgan fingerprint density at radius 3 is 2.59 bits per heavy atom. The molecule has 3 aromatic rings. The molecule has 6 nitrogen and oxygen atoms in total. The maximum Gasteiger partial charge on any atom is 0.435 e. The lowest BCUT2D eigenvalue weighted by molar-refractivity contribution is -0.141. The molecule has 1 aromatic carbocycles. The minimum Gasteiger partial charge on any atom is -0.375 e. The average Bonchev–Trinajstić information content (AvgIpc) is 2.97. The summed E-state index contributed by atoms with van der Waals surface area (Å²) in [5.41, 5.74) is 5.94. The van der Waals surface area contributed by atoms with Crippen LogP contribution >= 0.6 is 0 Å². The number of hydrogen-bond acceptors (Lipinski definition) is 5. The number of anilines is 1. The molecule has 10 heteroatoms. The predicted octanol–water partition coefficient (Wildman–Crippen LogP) is 4.58. The first-order valence-electron chi connectivity index (χ1n) is 9.22. The van der Waals surface area contributed by atoms with Crippen LogP contribution in [0.25, 0.3) is 16.6 Å². The third kappa shape index (κ3) is 4.76. The Morgan fingerprint density at radius 1 is 1.21 bits per heavy atom. The summed E-state index contributed by atoms with van der Waals surface area (Å²) in [5, 5.41) is 5.18. The number of alkyl halides is 3. The second-order valence-electron chi connectivity index (χ2n) is 8.15. The van der Waals surface area contributed by atoms with Crippen molar-refractivity contribution in [1.82, 2.24) is 19.7 Å². The van der Waals surface area contributed by atoms with Crippen molar-refractivity contribution in [3.05, 3.63) is 41.3 Å². The number of halogens is 3. The standard InChI is InChI=1S/C19H24F3N5OSi/c1-12-6-5-7-13-14(11-28-8-9-29(2,3)4)26-27(16(12)13)15-10-24-18(23)25-17(15)19(20,21)22/h5-7,10H,8-9,11H2,1-4H3,(H2,23,24,25). The number of ether oxygens (including phenoxy) is 1. The maximum absolute atomic E-state index is 13.6. The monoisotopic (exact) mass is 423 g/mol. The number of rotatable bonds is 6. The zero-order valence-electron chi connectivity index (χ0n) is 16.8. The van der Waals surface area contributed by atoms with Crippen LogP contribution in [-0.2, 0) is 17.5 Å². The molecule has 0 bridgehead atoms. The lowest BCUT2D eigenvalue weighted by Gasteiger charge is -2.15. The minimum atomic E-state index is -4.69. The van der Waals surface area contributed by atoms with Crippen LogP contribution in [0, 0.1) is 6.92 Å². The molecule has 2 N–H and O–H groups in total. The van der Waals surface area contributed by atoms with Crippen molar-refractivity contribution in [2.75, 3.05) is 12.3 Å². The molecule has 0 fully saturated rings. The summed E-state index contributed by atoms with van der Waals surface area (Å²) in [4.78, 5) is 7.18. The van der Waals surface area contributed by atoms with Gasteiger partial charge in [0.2, 0.25) is 5.95 Å². The van der Waals surface area contributed by atoms with Gasteiger partial charge in [0.25, 0.3) is 0 Å². The zero-order valence-corrected chi connectivity index (χ0v) is 17.8. The van der Waals surface area contributed by atoms with Gasteiger partial charge in [0.05, 0.1) is 24.0 Å². The van der Waals surface area contributed by atoms with Gasteiger partial charge in [-0.25, -0.2) is 14.6 Å². The number of nitrogen functional groups attached to an aromatic ring is 1. The predicted molar refractivity (Wildman–Crippen MR) is 109 cm³/mol. The topological polar surface area (TPSA) is 78.8 Å². The molecule has 0 unspecified atom stereocenters. The van der Waals surface area contributed by atoms with Gasteiger partial charge in [-0.2, -0.15) is 18.3 Å². The molecule has 0 saturated carbocycles. The zero-order chi connectivity index (χ0) is 21.4. The van der Waals surface area contributed by atoms with Gasteiger partial charge in [-0.05, 0) is 18.5 Å². The van der Waals surface area contributed by atoms with Crippen LogP contribution in [-0.4, -0.2) is 34.4 Å². The highest BCUT2D eigenvalue weighted by Gasteiger charge is 2.37. The first-order valence-corrected chi connectivity index (χ1v) is 12.9. The number of benzene rings is 1. The summed E-state index contributed by atoms with van der Waals surface area (Å²) in [6, 6.07) is 6.49. The van der Waals surface area contributed by atoms with Crippen LogP contribution in [0.2, 0.25) is 25.7 Å². The maximum atomic E-state index is 13.6. The van der Waals surface area contributed by atoms with Gasteiger partial charge in [0.1, 0.15) is 5.69 Å². The lowest BCUT2D eigenvalue weighted by atomic mass is 10.1. The summed E-state index contributed by atoms with van der Waals surface area (Å²) in [5.74, 6) is -0.441. The molecule has 3 rings (SSSR count). The first kappa shape index (κ1) is 21.3. The lowest BCUT2D eigenvalue weighted by Crippen LogP contribution is -2.21. The van der Waals surface area contributed by atoms with Crippen molar-refractivity contribution in [2.45, 2.75) is 45.4 Å². The van der Waals surface area contributed by atoms with Crippen molar-refractivity contribution in [3.8, 4) is 5.69 Å². The van der Waals surface area contributed by atoms with E-state index in [4.69, 9.17) is 10.5 Å². The van der Waals surface area contributed by atoms with Gasteiger partial charge in [-0.3, -0.25) is 0 Å². The van der Waals surface area contributed by atoms with E-state index in [0.29, 0.717) is 17.8 Å². The normalized spacial score (nSPS) is 12.7. The highest BCUT2D eigenvalue weighted by Crippen LogP contribution is 2.34.